The molecule has 0 atom stereocenters. The molecule has 0 unspecified atom stereocenters. The molecule has 0 aliphatic heterocycles. The third-order valence-corrected chi connectivity index (χ3v) is 4.12. The molecule has 1 amide bonds. The van der Waals surface area contributed by atoms with E-state index in [1.165, 1.54) is 0 Å². The van der Waals surface area contributed by atoms with Gasteiger partial charge in [0.25, 0.3) is 0 Å². The number of ether oxygens (including phenoxy) is 2. The van der Waals surface area contributed by atoms with Gasteiger partial charge in [0.05, 0.1) is 0 Å². The molecule has 138 valence electrons. The van der Waals surface area contributed by atoms with Crippen molar-refractivity contribution in [3.05, 3.63) is 95.6 Å². The van der Waals surface area contributed by atoms with Crippen LogP contribution in [0.3, 0.4) is 0 Å². The average Bonchev–Trinajstić information content (AvgIpc) is 2.73. The number of carbonyl (C=O) groups is 1. The van der Waals surface area contributed by atoms with Crippen molar-refractivity contribution in [2.45, 2.75) is 19.6 Å². The maximum absolute atomic E-state index is 10.4. The zero-order valence-corrected chi connectivity index (χ0v) is 15.1. The van der Waals surface area contributed by atoms with E-state index in [1.807, 2.05) is 78.9 Å². The van der Waals surface area contributed by atoms with E-state index in [1.54, 1.807) is 0 Å². The Kier molecular flexibility index (Phi) is 6.87. The molecule has 0 aliphatic rings. The monoisotopic (exact) mass is 361 g/mol. The zero-order valence-electron chi connectivity index (χ0n) is 15.1. The summed E-state index contributed by atoms with van der Waals surface area (Å²) in [5, 5.41) is 2.68. The third-order valence-electron chi connectivity index (χ3n) is 4.12. The molecule has 0 radical (unpaired) electrons. The maximum atomic E-state index is 10.4. The van der Waals surface area contributed by atoms with Crippen molar-refractivity contribution >= 4 is 6.41 Å². The lowest BCUT2D eigenvalue weighted by Crippen LogP contribution is -2.14. The summed E-state index contributed by atoms with van der Waals surface area (Å²) in [5.41, 5.74) is 3.28. The molecule has 27 heavy (non-hydrogen) atoms. The molecular weight excluding hydrogens is 338 g/mol. The van der Waals surface area contributed by atoms with Crippen LogP contribution in [0.5, 0.6) is 11.5 Å². The second-order valence-electron chi connectivity index (χ2n) is 6.15. The number of hydrogen-bond acceptors (Lipinski definition) is 3. The van der Waals surface area contributed by atoms with Crippen LogP contribution in [0.25, 0.3) is 0 Å². The van der Waals surface area contributed by atoms with Gasteiger partial charge in [-0.2, -0.15) is 0 Å². The Morgan fingerprint density at radius 1 is 0.704 bits per heavy atom. The molecule has 0 bridgehead atoms. The summed E-state index contributed by atoms with van der Waals surface area (Å²) in [6, 6.07) is 26.0. The van der Waals surface area contributed by atoms with Gasteiger partial charge in [-0.1, -0.05) is 66.7 Å². The van der Waals surface area contributed by atoms with Crippen LogP contribution in [0.2, 0.25) is 0 Å². The van der Waals surface area contributed by atoms with E-state index >= 15 is 0 Å². The average molecular weight is 361 g/mol. The van der Waals surface area contributed by atoms with Crippen LogP contribution in [0.15, 0.2) is 78.9 Å². The van der Waals surface area contributed by atoms with E-state index in [4.69, 9.17) is 9.47 Å². The Morgan fingerprint density at radius 3 is 1.89 bits per heavy atom. The number of benzene rings is 3. The Bertz CT molecular complexity index is 835. The first-order valence-corrected chi connectivity index (χ1v) is 8.98. The summed E-state index contributed by atoms with van der Waals surface area (Å²) in [6.45, 7) is 1.54. The fourth-order valence-electron chi connectivity index (χ4n) is 2.69. The van der Waals surface area contributed by atoms with Gasteiger partial charge in [-0.25, -0.2) is 0 Å². The van der Waals surface area contributed by atoms with Crippen LogP contribution in [-0.2, 0) is 24.4 Å². The van der Waals surface area contributed by atoms with E-state index in [0.29, 0.717) is 37.7 Å². The minimum Gasteiger partial charge on any atom is -0.485 e. The van der Waals surface area contributed by atoms with Gasteiger partial charge in [-0.05, 0) is 35.2 Å². The van der Waals surface area contributed by atoms with Crippen molar-refractivity contribution in [2.24, 2.45) is 0 Å². The van der Waals surface area contributed by atoms with Gasteiger partial charge in [0.1, 0.15) is 13.2 Å². The highest BCUT2D eigenvalue weighted by Crippen LogP contribution is 2.30. The Balaban J connectivity index is 1.72. The number of hydrogen-bond donors (Lipinski definition) is 1. The van der Waals surface area contributed by atoms with Crippen LogP contribution in [0.1, 0.15) is 16.7 Å². The summed E-state index contributed by atoms with van der Waals surface area (Å²) in [5.74, 6) is 1.42. The summed E-state index contributed by atoms with van der Waals surface area (Å²) in [7, 11) is 0. The van der Waals surface area contributed by atoms with Crippen LogP contribution >= 0.6 is 0 Å². The lowest BCUT2D eigenvalue weighted by molar-refractivity contribution is -0.109. The van der Waals surface area contributed by atoms with Gasteiger partial charge in [0, 0.05) is 6.54 Å². The van der Waals surface area contributed by atoms with Crippen molar-refractivity contribution in [1.29, 1.82) is 0 Å². The van der Waals surface area contributed by atoms with E-state index < -0.39 is 0 Å². The highest BCUT2D eigenvalue weighted by molar-refractivity contribution is 5.46. The fraction of sp³-hybridized carbons (Fsp3) is 0.174. The molecule has 0 spiro atoms. The molecule has 0 aliphatic carbocycles. The van der Waals surface area contributed by atoms with Crippen molar-refractivity contribution in [2.75, 3.05) is 6.54 Å². The highest BCUT2D eigenvalue weighted by Gasteiger charge is 2.08. The third kappa shape index (κ3) is 5.89. The summed E-state index contributed by atoms with van der Waals surface area (Å²) >= 11 is 0. The minimum absolute atomic E-state index is 0.471. The van der Waals surface area contributed by atoms with E-state index in [-0.39, 0.29) is 0 Å². The molecule has 4 nitrogen and oxygen atoms in total. The van der Waals surface area contributed by atoms with E-state index in [2.05, 4.69) is 5.32 Å². The lowest BCUT2D eigenvalue weighted by Gasteiger charge is -2.15. The van der Waals surface area contributed by atoms with E-state index in [0.717, 1.165) is 23.1 Å². The van der Waals surface area contributed by atoms with Gasteiger partial charge in [-0.3, -0.25) is 4.79 Å². The first-order chi connectivity index (χ1) is 13.3. The van der Waals surface area contributed by atoms with Gasteiger partial charge in [0.15, 0.2) is 11.5 Å². The first-order valence-electron chi connectivity index (χ1n) is 8.98. The van der Waals surface area contributed by atoms with Crippen molar-refractivity contribution in [3.8, 4) is 11.5 Å². The molecular formula is C23H23NO3. The van der Waals surface area contributed by atoms with Gasteiger partial charge in [0.2, 0.25) is 6.41 Å². The largest absolute Gasteiger partial charge is 0.485 e. The SMILES string of the molecule is O=CNCCc1ccc(OCc2ccccc2)c(OCc2ccccc2)c1. The molecule has 0 fully saturated rings. The zero-order chi connectivity index (χ0) is 18.7. The van der Waals surface area contributed by atoms with Crippen LogP contribution in [0.4, 0.5) is 0 Å². The first kappa shape index (κ1) is 18.5. The second kappa shape index (κ2) is 10.0. The number of nitrogens with one attached hydrogen (secondary N) is 1. The summed E-state index contributed by atoms with van der Waals surface area (Å²) in [4.78, 5) is 10.4. The predicted molar refractivity (Wildman–Crippen MR) is 106 cm³/mol. The Hall–Kier alpha value is -3.27. The predicted octanol–water partition coefficient (Wildman–Crippen LogP) is 4.13. The molecule has 3 aromatic rings. The molecule has 0 heterocycles. The molecule has 0 saturated carbocycles. The Morgan fingerprint density at radius 2 is 1.30 bits per heavy atom. The molecule has 1 N–H and O–H groups in total. The van der Waals surface area contributed by atoms with Crippen LogP contribution in [-0.4, -0.2) is 13.0 Å². The maximum Gasteiger partial charge on any atom is 0.207 e. The van der Waals surface area contributed by atoms with Crippen LogP contribution in [0, 0.1) is 0 Å². The highest BCUT2D eigenvalue weighted by atomic mass is 16.5. The van der Waals surface area contributed by atoms with Crippen LogP contribution < -0.4 is 14.8 Å². The molecule has 4 heteroatoms. The molecule has 3 rings (SSSR count). The lowest BCUT2D eigenvalue weighted by atomic mass is 10.1. The standard InChI is InChI=1S/C23H23NO3/c25-18-24-14-13-19-11-12-22(26-16-20-7-3-1-4-8-20)23(15-19)27-17-21-9-5-2-6-10-21/h1-12,15,18H,13-14,16-17H2,(H,24,25). The summed E-state index contributed by atoms with van der Waals surface area (Å²) < 4.78 is 12.0. The quantitative estimate of drug-likeness (QED) is 0.436. The number of amides is 1. The normalized spacial score (nSPS) is 10.2. The number of carbonyl (C=O) groups excluding carboxylic acids is 1. The van der Waals surface area contributed by atoms with E-state index in [9.17, 15) is 4.79 Å². The smallest absolute Gasteiger partial charge is 0.207 e. The summed E-state index contributed by atoms with van der Waals surface area (Å²) in [6.07, 6.45) is 1.45. The van der Waals surface area contributed by atoms with Gasteiger partial charge in [-0.15, -0.1) is 0 Å². The minimum atomic E-state index is 0.471. The van der Waals surface area contributed by atoms with Gasteiger partial charge < -0.3 is 14.8 Å². The topological polar surface area (TPSA) is 47.6 Å². The van der Waals surface area contributed by atoms with Crippen molar-refractivity contribution in [1.82, 2.24) is 5.32 Å². The van der Waals surface area contributed by atoms with Crippen molar-refractivity contribution in [3.63, 3.8) is 0 Å². The molecule has 3 aromatic carbocycles. The second-order valence-corrected chi connectivity index (χ2v) is 6.15. The molecule has 0 aromatic heterocycles. The Labute approximate surface area is 159 Å². The van der Waals surface area contributed by atoms with Gasteiger partial charge >= 0.3 is 0 Å². The molecule has 0 saturated heterocycles. The number of rotatable bonds is 10. The van der Waals surface area contributed by atoms with Crippen molar-refractivity contribution < 1.29 is 14.3 Å². The fourth-order valence-corrected chi connectivity index (χ4v) is 2.69.